The molecule has 0 aromatic rings. The predicted molar refractivity (Wildman–Crippen MR) is 87.9 cm³/mol. The number of rotatable bonds is 8. The maximum Gasteiger partial charge on any atom is 0.0603 e. The minimum Gasteiger partial charge on any atom is -0.375 e. The van der Waals surface area contributed by atoms with E-state index < -0.39 is 0 Å². The lowest BCUT2D eigenvalue weighted by Crippen LogP contribution is -2.44. The molecule has 2 N–H and O–H groups in total. The van der Waals surface area contributed by atoms with Gasteiger partial charge in [0.1, 0.15) is 0 Å². The Bertz CT molecular complexity index is 235. The highest BCUT2D eigenvalue weighted by Gasteiger charge is 2.25. The number of nitrogens with one attached hydrogen (secondary N) is 2. The second kappa shape index (κ2) is 9.74. The predicted octanol–water partition coefficient (Wildman–Crippen LogP) is 0.371. The Hall–Kier alpha value is -0.200. The summed E-state index contributed by atoms with van der Waals surface area (Å²) >= 11 is 0. The summed E-state index contributed by atoms with van der Waals surface area (Å²) < 4.78 is 6.35. The molecule has 2 fully saturated rings. The van der Waals surface area contributed by atoms with E-state index in [2.05, 4.69) is 20.4 Å². The number of ether oxygens (including phenoxy) is 1. The second-order valence-electron chi connectivity index (χ2n) is 6.43. The smallest absolute Gasteiger partial charge is 0.0603 e. The molecule has 0 aromatic carbocycles. The summed E-state index contributed by atoms with van der Waals surface area (Å²) in [5.74, 6) is 0. The van der Waals surface area contributed by atoms with Crippen molar-refractivity contribution in [2.45, 2.75) is 37.9 Å². The van der Waals surface area contributed by atoms with Gasteiger partial charge in [0.2, 0.25) is 0 Å². The van der Waals surface area contributed by atoms with Gasteiger partial charge in [-0.15, -0.1) is 0 Å². The van der Waals surface area contributed by atoms with Gasteiger partial charge in [0, 0.05) is 52.4 Å². The normalized spacial score (nSPS) is 23.7. The topological polar surface area (TPSA) is 39.8 Å². The summed E-state index contributed by atoms with van der Waals surface area (Å²) in [7, 11) is 4.05. The van der Waals surface area contributed by atoms with E-state index in [4.69, 9.17) is 4.74 Å². The Balaban J connectivity index is 1.57. The molecule has 0 saturated carbocycles. The Morgan fingerprint density at radius 2 is 1.14 bits per heavy atom. The number of likely N-dealkylation sites (N-methyl/N-ethyl adjacent to an activating group) is 2. The summed E-state index contributed by atoms with van der Waals surface area (Å²) in [6.07, 6.45) is 5.86. The van der Waals surface area contributed by atoms with Crippen LogP contribution < -0.4 is 10.6 Å². The average molecular weight is 298 g/mol. The van der Waals surface area contributed by atoms with Gasteiger partial charge in [0.05, 0.1) is 12.2 Å². The highest BCUT2D eigenvalue weighted by Crippen LogP contribution is 2.20. The van der Waals surface area contributed by atoms with Gasteiger partial charge in [-0.05, 0) is 39.8 Å². The molecule has 0 aliphatic carbocycles. The van der Waals surface area contributed by atoms with Gasteiger partial charge in [-0.25, -0.2) is 0 Å². The van der Waals surface area contributed by atoms with Gasteiger partial charge >= 0.3 is 0 Å². The number of hydrogen-bond acceptors (Lipinski definition) is 5. The summed E-state index contributed by atoms with van der Waals surface area (Å²) in [6, 6.07) is 0. The van der Waals surface area contributed by atoms with Crippen LogP contribution in [0.2, 0.25) is 0 Å². The molecule has 0 spiro atoms. The zero-order chi connectivity index (χ0) is 14.9. The van der Waals surface area contributed by atoms with Crippen molar-refractivity contribution in [2.24, 2.45) is 0 Å². The zero-order valence-electron chi connectivity index (χ0n) is 13.9. The van der Waals surface area contributed by atoms with Crippen molar-refractivity contribution in [3.8, 4) is 0 Å². The van der Waals surface area contributed by atoms with Crippen molar-refractivity contribution in [3.63, 3.8) is 0 Å². The van der Waals surface area contributed by atoms with Crippen LogP contribution in [0.25, 0.3) is 0 Å². The van der Waals surface area contributed by atoms with Gasteiger partial charge in [0.15, 0.2) is 0 Å². The molecule has 124 valence electrons. The molecule has 5 heteroatoms. The minimum atomic E-state index is 0.504. The van der Waals surface area contributed by atoms with E-state index in [1.807, 2.05) is 14.1 Å². The highest BCUT2D eigenvalue weighted by atomic mass is 16.5. The fraction of sp³-hybridized carbons (Fsp3) is 1.00. The molecule has 0 amide bonds. The molecule has 0 atom stereocenters. The van der Waals surface area contributed by atoms with Crippen LogP contribution in [-0.4, -0.2) is 88.5 Å². The van der Waals surface area contributed by atoms with Crippen LogP contribution in [0.1, 0.15) is 25.7 Å². The van der Waals surface area contributed by atoms with Crippen LogP contribution in [0, 0.1) is 0 Å². The van der Waals surface area contributed by atoms with E-state index in [0.29, 0.717) is 12.2 Å². The average Bonchev–Trinajstić information content (AvgIpc) is 2.53. The molecule has 2 aliphatic rings. The van der Waals surface area contributed by atoms with E-state index in [1.165, 1.54) is 65.0 Å². The van der Waals surface area contributed by atoms with Crippen molar-refractivity contribution < 1.29 is 4.74 Å². The third kappa shape index (κ3) is 6.20. The molecule has 2 heterocycles. The molecule has 0 unspecified atom stereocenters. The number of nitrogens with zero attached hydrogens (tertiary/aromatic N) is 2. The van der Waals surface area contributed by atoms with Crippen LogP contribution in [0.5, 0.6) is 0 Å². The van der Waals surface area contributed by atoms with E-state index in [-0.39, 0.29) is 0 Å². The SMILES string of the molecule is CNCCN1CCC(OC2CCN(CCNC)CC2)CC1. The first-order valence-corrected chi connectivity index (χ1v) is 8.71. The maximum atomic E-state index is 6.35. The number of likely N-dealkylation sites (tertiary alicyclic amines) is 2. The van der Waals surface area contributed by atoms with E-state index in [9.17, 15) is 0 Å². The molecule has 2 aliphatic heterocycles. The molecule has 0 radical (unpaired) electrons. The van der Waals surface area contributed by atoms with Crippen LogP contribution in [0.3, 0.4) is 0 Å². The fourth-order valence-corrected chi connectivity index (χ4v) is 3.35. The summed E-state index contributed by atoms with van der Waals surface area (Å²) in [5, 5.41) is 6.46. The van der Waals surface area contributed by atoms with Crippen molar-refractivity contribution in [1.82, 2.24) is 20.4 Å². The van der Waals surface area contributed by atoms with Crippen molar-refractivity contribution in [2.75, 3.05) is 66.5 Å². The molecule has 0 aromatic heterocycles. The monoisotopic (exact) mass is 298 g/mol. The van der Waals surface area contributed by atoms with E-state index in [0.717, 1.165) is 13.1 Å². The first-order valence-electron chi connectivity index (χ1n) is 8.71. The third-order valence-electron chi connectivity index (χ3n) is 4.81. The summed E-state index contributed by atoms with van der Waals surface area (Å²) in [6.45, 7) is 9.34. The van der Waals surface area contributed by atoms with Crippen molar-refractivity contribution in [1.29, 1.82) is 0 Å². The number of piperidine rings is 2. The largest absolute Gasteiger partial charge is 0.375 e. The summed E-state index contributed by atoms with van der Waals surface area (Å²) in [4.78, 5) is 5.10. The van der Waals surface area contributed by atoms with Gasteiger partial charge in [-0.2, -0.15) is 0 Å². The molecule has 21 heavy (non-hydrogen) atoms. The fourth-order valence-electron chi connectivity index (χ4n) is 3.35. The van der Waals surface area contributed by atoms with Crippen LogP contribution in [-0.2, 0) is 4.74 Å². The molecular weight excluding hydrogens is 264 g/mol. The van der Waals surface area contributed by atoms with Crippen LogP contribution in [0.4, 0.5) is 0 Å². The molecule has 2 saturated heterocycles. The first-order chi connectivity index (χ1) is 10.3. The summed E-state index contributed by atoms with van der Waals surface area (Å²) in [5.41, 5.74) is 0. The van der Waals surface area contributed by atoms with E-state index in [1.54, 1.807) is 0 Å². The minimum absolute atomic E-state index is 0.504. The quantitative estimate of drug-likeness (QED) is 0.677. The molecule has 0 bridgehead atoms. The van der Waals surface area contributed by atoms with Crippen LogP contribution >= 0.6 is 0 Å². The van der Waals surface area contributed by atoms with Gasteiger partial charge < -0.3 is 25.2 Å². The van der Waals surface area contributed by atoms with Gasteiger partial charge in [-0.3, -0.25) is 0 Å². The highest BCUT2D eigenvalue weighted by molar-refractivity contribution is 4.78. The van der Waals surface area contributed by atoms with Crippen molar-refractivity contribution >= 4 is 0 Å². The van der Waals surface area contributed by atoms with Crippen molar-refractivity contribution in [3.05, 3.63) is 0 Å². The Labute approximate surface area is 130 Å². The molecule has 2 rings (SSSR count). The van der Waals surface area contributed by atoms with E-state index >= 15 is 0 Å². The maximum absolute atomic E-state index is 6.35. The Morgan fingerprint density at radius 3 is 1.48 bits per heavy atom. The first kappa shape index (κ1) is 17.2. The van der Waals surface area contributed by atoms with Crippen LogP contribution in [0.15, 0.2) is 0 Å². The van der Waals surface area contributed by atoms with Gasteiger partial charge in [-0.1, -0.05) is 0 Å². The number of hydrogen-bond donors (Lipinski definition) is 2. The lowest BCUT2D eigenvalue weighted by atomic mass is 10.0. The zero-order valence-corrected chi connectivity index (χ0v) is 13.9. The Kier molecular flexibility index (Phi) is 7.96. The third-order valence-corrected chi connectivity index (χ3v) is 4.81. The molecule has 5 nitrogen and oxygen atoms in total. The lowest BCUT2D eigenvalue weighted by molar-refractivity contribution is -0.0645. The lowest BCUT2D eigenvalue weighted by Gasteiger charge is -2.37. The molecular formula is C16H34N4O. The van der Waals surface area contributed by atoms with Gasteiger partial charge in [0.25, 0.3) is 0 Å². The Morgan fingerprint density at radius 1 is 0.762 bits per heavy atom. The second-order valence-corrected chi connectivity index (χ2v) is 6.43. The standard InChI is InChI=1S/C16H34N4O/c1-17-7-13-19-9-3-15(4-10-19)21-16-5-11-20(12-6-16)14-8-18-2/h15-18H,3-14H2,1-2H3.